The van der Waals surface area contributed by atoms with Crippen molar-refractivity contribution in [1.29, 1.82) is 0 Å². The lowest BCUT2D eigenvalue weighted by atomic mass is 9.95. The van der Waals surface area contributed by atoms with Crippen LogP contribution in [0.25, 0.3) is 16.8 Å². The van der Waals surface area contributed by atoms with E-state index in [0.29, 0.717) is 22.5 Å². The van der Waals surface area contributed by atoms with Gasteiger partial charge in [0, 0.05) is 47.3 Å². The number of alkyl halides is 2. The topological polar surface area (TPSA) is 127 Å². The van der Waals surface area contributed by atoms with E-state index in [9.17, 15) is 27.4 Å². The van der Waals surface area contributed by atoms with Crippen LogP contribution in [0.15, 0.2) is 48.9 Å². The van der Waals surface area contributed by atoms with Crippen LogP contribution in [-0.2, 0) is 15.4 Å². The van der Waals surface area contributed by atoms with Crippen molar-refractivity contribution in [3.8, 4) is 16.9 Å². The SMILES string of the molecule is O=S1(=O)CCC(O)(c2ncc(-c3cn4c5c(nc4cc3F)C(O)CC5c3ccccc3OC(F)F)cn2)CC1. The van der Waals surface area contributed by atoms with E-state index in [1.807, 2.05) is 0 Å². The van der Waals surface area contributed by atoms with Gasteiger partial charge in [0.2, 0.25) is 0 Å². The quantitative estimate of drug-likeness (QED) is 0.380. The van der Waals surface area contributed by atoms with Crippen molar-refractivity contribution < 1.29 is 36.5 Å². The van der Waals surface area contributed by atoms with Crippen LogP contribution in [0.4, 0.5) is 13.2 Å². The Morgan fingerprint density at radius 2 is 1.82 bits per heavy atom. The first-order valence-electron chi connectivity index (χ1n) is 12.2. The van der Waals surface area contributed by atoms with Crippen molar-refractivity contribution in [3.05, 3.63) is 77.5 Å². The number of hydrogen-bond donors (Lipinski definition) is 2. The van der Waals surface area contributed by atoms with Gasteiger partial charge in [-0.3, -0.25) is 0 Å². The summed E-state index contributed by atoms with van der Waals surface area (Å²) in [5.41, 5.74) is 0.443. The van der Waals surface area contributed by atoms with Gasteiger partial charge in [-0.05, 0) is 25.3 Å². The molecule has 4 heterocycles. The molecule has 2 atom stereocenters. The highest BCUT2D eigenvalue weighted by Crippen LogP contribution is 2.47. The lowest BCUT2D eigenvalue weighted by molar-refractivity contribution is -0.0506. The number of rotatable bonds is 5. The molecule has 0 radical (unpaired) electrons. The summed E-state index contributed by atoms with van der Waals surface area (Å²) in [6, 6.07) is 7.52. The monoisotopic (exact) mass is 560 g/mol. The van der Waals surface area contributed by atoms with Crippen LogP contribution in [0.5, 0.6) is 5.75 Å². The number of nitrogens with zero attached hydrogens (tertiary/aromatic N) is 4. The molecular weight excluding hydrogens is 537 g/mol. The highest BCUT2D eigenvalue weighted by atomic mass is 32.2. The summed E-state index contributed by atoms with van der Waals surface area (Å²) in [6.45, 7) is -3.03. The molecule has 2 aliphatic rings. The van der Waals surface area contributed by atoms with Crippen LogP contribution in [0.3, 0.4) is 0 Å². The van der Waals surface area contributed by atoms with Crippen LogP contribution in [-0.4, -0.2) is 56.1 Å². The Hall–Kier alpha value is -3.55. The largest absolute Gasteiger partial charge is 0.435 e. The van der Waals surface area contributed by atoms with Gasteiger partial charge in [-0.1, -0.05) is 18.2 Å². The van der Waals surface area contributed by atoms with Crippen LogP contribution >= 0.6 is 0 Å². The summed E-state index contributed by atoms with van der Waals surface area (Å²) < 4.78 is 71.2. The van der Waals surface area contributed by atoms with E-state index in [0.717, 1.165) is 0 Å². The predicted octanol–water partition coefficient (Wildman–Crippen LogP) is 3.50. The second-order valence-electron chi connectivity index (χ2n) is 9.84. The van der Waals surface area contributed by atoms with E-state index in [2.05, 4.69) is 15.0 Å². The number of halogens is 3. The second-order valence-corrected chi connectivity index (χ2v) is 12.1. The minimum absolute atomic E-state index is 0.0210. The molecule has 3 aromatic heterocycles. The number of ether oxygens (including phenoxy) is 1. The summed E-state index contributed by atoms with van der Waals surface area (Å²) in [6.07, 6.45) is 3.32. The normalized spacial score (nSPS) is 21.8. The molecule has 39 heavy (non-hydrogen) atoms. The van der Waals surface area contributed by atoms with Crippen LogP contribution in [0.1, 0.15) is 54.1 Å². The molecule has 1 aromatic carbocycles. The third kappa shape index (κ3) is 4.53. The van der Waals surface area contributed by atoms with Crippen LogP contribution in [0, 0.1) is 5.82 Å². The smallest absolute Gasteiger partial charge is 0.387 e. The van der Waals surface area contributed by atoms with Gasteiger partial charge in [0.15, 0.2) is 15.7 Å². The maximum atomic E-state index is 15.2. The summed E-state index contributed by atoms with van der Waals surface area (Å²) in [5, 5.41) is 21.6. The fraction of sp³-hybridized carbons (Fsp3) is 0.346. The third-order valence-electron chi connectivity index (χ3n) is 7.42. The molecule has 1 aliphatic heterocycles. The van der Waals surface area contributed by atoms with Gasteiger partial charge in [0.05, 0.1) is 29.0 Å². The van der Waals surface area contributed by atoms with E-state index in [-0.39, 0.29) is 53.6 Å². The van der Waals surface area contributed by atoms with Gasteiger partial charge < -0.3 is 19.4 Å². The second kappa shape index (κ2) is 9.28. The number of para-hydroxylation sites is 1. The summed E-state index contributed by atoms with van der Waals surface area (Å²) >= 11 is 0. The van der Waals surface area contributed by atoms with E-state index in [1.165, 1.54) is 30.7 Å². The van der Waals surface area contributed by atoms with Crippen molar-refractivity contribution >= 4 is 15.5 Å². The first kappa shape index (κ1) is 25.7. The molecule has 2 unspecified atom stereocenters. The van der Waals surface area contributed by atoms with Gasteiger partial charge in [-0.2, -0.15) is 8.78 Å². The Balaban J connectivity index is 1.39. The van der Waals surface area contributed by atoms with Crippen LogP contribution in [0.2, 0.25) is 0 Å². The van der Waals surface area contributed by atoms with E-state index < -0.39 is 39.9 Å². The Labute approximate surface area is 220 Å². The molecule has 1 saturated heterocycles. The first-order valence-corrected chi connectivity index (χ1v) is 14.1. The van der Waals surface area contributed by atoms with Crippen LogP contribution < -0.4 is 4.74 Å². The Morgan fingerprint density at radius 3 is 2.51 bits per heavy atom. The molecule has 0 saturated carbocycles. The van der Waals surface area contributed by atoms with E-state index in [4.69, 9.17) is 4.74 Å². The predicted molar refractivity (Wildman–Crippen MR) is 132 cm³/mol. The standard InChI is InChI=1S/C26H23F3N4O5S/c27-18-10-21-32-22-19(34)9-16(15-3-1-2-4-20(15)38-25(28)29)23(22)33(21)13-17(18)14-11-30-24(31-12-14)26(35)5-7-39(36,37)8-6-26/h1-4,10-13,16,19,25,34-35H,5-9H2. The summed E-state index contributed by atoms with van der Waals surface area (Å²) in [7, 11) is -3.21. The van der Waals surface area contributed by atoms with Gasteiger partial charge in [0.1, 0.15) is 22.8 Å². The third-order valence-corrected chi connectivity index (χ3v) is 9.07. The minimum Gasteiger partial charge on any atom is -0.435 e. The van der Waals surface area contributed by atoms with Crippen molar-refractivity contribution in [2.24, 2.45) is 0 Å². The minimum atomic E-state index is -3.21. The molecule has 1 aliphatic carbocycles. The molecule has 0 spiro atoms. The molecule has 1 fully saturated rings. The average Bonchev–Trinajstić information content (AvgIpc) is 3.42. The molecule has 13 heteroatoms. The molecular formula is C26H23F3N4O5S. The maximum absolute atomic E-state index is 15.2. The number of aromatic nitrogens is 4. The number of imidazole rings is 1. The van der Waals surface area contributed by atoms with Crippen molar-refractivity contribution in [1.82, 2.24) is 19.4 Å². The average molecular weight is 561 g/mol. The van der Waals surface area contributed by atoms with Crippen molar-refractivity contribution in [3.63, 3.8) is 0 Å². The van der Waals surface area contributed by atoms with Crippen molar-refractivity contribution in [2.75, 3.05) is 11.5 Å². The number of aliphatic hydroxyl groups is 2. The molecule has 9 nitrogen and oxygen atoms in total. The highest BCUT2D eigenvalue weighted by molar-refractivity contribution is 7.91. The zero-order chi connectivity index (χ0) is 27.5. The number of fused-ring (bicyclic) bond motifs is 3. The zero-order valence-electron chi connectivity index (χ0n) is 20.3. The molecule has 6 rings (SSSR count). The molecule has 4 aromatic rings. The number of aliphatic hydroxyl groups excluding tert-OH is 1. The van der Waals surface area contributed by atoms with E-state index >= 15 is 4.39 Å². The van der Waals surface area contributed by atoms with Gasteiger partial charge >= 0.3 is 6.61 Å². The lowest BCUT2D eigenvalue weighted by Gasteiger charge is -2.30. The fourth-order valence-electron chi connectivity index (χ4n) is 5.40. The summed E-state index contributed by atoms with van der Waals surface area (Å²) in [4.78, 5) is 12.8. The van der Waals surface area contributed by atoms with Gasteiger partial charge in [-0.15, -0.1) is 0 Å². The number of benzene rings is 1. The van der Waals surface area contributed by atoms with Crippen molar-refractivity contribution in [2.45, 2.75) is 43.5 Å². The first-order chi connectivity index (χ1) is 18.5. The summed E-state index contributed by atoms with van der Waals surface area (Å²) in [5.74, 6) is -1.49. The van der Waals surface area contributed by atoms with Gasteiger partial charge in [0.25, 0.3) is 0 Å². The zero-order valence-corrected chi connectivity index (χ0v) is 21.2. The number of sulfone groups is 1. The lowest BCUT2D eigenvalue weighted by Crippen LogP contribution is -2.38. The Morgan fingerprint density at radius 1 is 1.13 bits per heavy atom. The Bertz CT molecular complexity index is 1660. The molecule has 0 amide bonds. The highest BCUT2D eigenvalue weighted by Gasteiger charge is 2.40. The fourth-order valence-corrected chi connectivity index (χ4v) is 6.91. The number of pyridine rings is 1. The van der Waals surface area contributed by atoms with E-state index in [1.54, 1.807) is 22.6 Å². The molecule has 204 valence electrons. The maximum Gasteiger partial charge on any atom is 0.387 e. The molecule has 2 N–H and O–H groups in total. The number of hydrogen-bond acceptors (Lipinski definition) is 8. The molecule has 0 bridgehead atoms. The van der Waals surface area contributed by atoms with Gasteiger partial charge in [-0.25, -0.2) is 27.8 Å². The Kier molecular flexibility index (Phi) is 6.12.